The molecule has 0 aliphatic carbocycles. The van der Waals surface area contributed by atoms with E-state index in [9.17, 15) is 4.79 Å². The van der Waals surface area contributed by atoms with E-state index in [1.807, 2.05) is 54.6 Å². The molecule has 0 aliphatic rings. The Morgan fingerprint density at radius 3 is 2.50 bits per heavy atom. The van der Waals surface area contributed by atoms with Gasteiger partial charge in [0.2, 0.25) is 0 Å². The predicted octanol–water partition coefficient (Wildman–Crippen LogP) is 4.61. The minimum absolute atomic E-state index is 0.0154. The molecule has 0 fully saturated rings. The van der Waals surface area contributed by atoms with Crippen LogP contribution in [0.1, 0.15) is 19.8 Å². The number of hydrogen-bond donors (Lipinski definition) is 0. The molecule has 3 aromatic rings. The van der Waals surface area contributed by atoms with Gasteiger partial charge < -0.3 is 4.74 Å². The van der Waals surface area contributed by atoms with Crippen molar-refractivity contribution < 1.29 is 9.53 Å². The molecule has 26 heavy (non-hydrogen) atoms. The van der Waals surface area contributed by atoms with Crippen LogP contribution in [0.4, 0.5) is 0 Å². The predicted molar refractivity (Wildman–Crippen MR) is 102 cm³/mol. The molecule has 6 heteroatoms. The van der Waals surface area contributed by atoms with Crippen LogP contribution in [0.3, 0.4) is 0 Å². The third kappa shape index (κ3) is 4.29. The number of carbonyl (C=O) groups is 1. The summed E-state index contributed by atoms with van der Waals surface area (Å²) in [5.41, 5.74) is 3.30. The minimum atomic E-state index is -0.321. The number of ether oxygens (including phenoxy) is 1. The van der Waals surface area contributed by atoms with E-state index >= 15 is 0 Å². The van der Waals surface area contributed by atoms with Gasteiger partial charge in [0, 0.05) is 16.1 Å². The molecule has 0 unspecified atom stereocenters. The highest BCUT2D eigenvalue weighted by Crippen LogP contribution is 2.30. The molecule has 0 aliphatic heterocycles. The Labute approximate surface area is 157 Å². The van der Waals surface area contributed by atoms with Gasteiger partial charge in [-0.3, -0.25) is 4.79 Å². The van der Waals surface area contributed by atoms with Crippen LogP contribution in [-0.4, -0.2) is 27.6 Å². The van der Waals surface area contributed by atoms with Crippen molar-refractivity contribution in [1.82, 2.24) is 15.0 Å². The van der Waals surface area contributed by atoms with Crippen LogP contribution < -0.4 is 0 Å². The summed E-state index contributed by atoms with van der Waals surface area (Å²) in [5.74, 6) is -0.321. The van der Waals surface area contributed by atoms with Gasteiger partial charge in [-0.15, -0.1) is 5.10 Å². The third-order valence-electron chi connectivity index (χ3n) is 3.94. The number of nitrogens with zero attached hydrogens (tertiary/aromatic N) is 3. The Hall–Kier alpha value is -2.66. The third-order valence-corrected chi connectivity index (χ3v) is 4.19. The molecule has 0 amide bonds. The maximum atomic E-state index is 12.1. The van der Waals surface area contributed by atoms with Gasteiger partial charge in [-0.05, 0) is 18.6 Å². The maximum Gasteiger partial charge on any atom is 0.327 e. The van der Waals surface area contributed by atoms with Crippen LogP contribution in [0.25, 0.3) is 22.5 Å². The van der Waals surface area contributed by atoms with Crippen LogP contribution in [-0.2, 0) is 16.1 Å². The van der Waals surface area contributed by atoms with Gasteiger partial charge in [0.05, 0.1) is 12.3 Å². The van der Waals surface area contributed by atoms with Crippen LogP contribution in [0.15, 0.2) is 54.6 Å². The molecule has 2 aromatic carbocycles. The van der Waals surface area contributed by atoms with Gasteiger partial charge >= 0.3 is 5.97 Å². The molecule has 0 radical (unpaired) electrons. The Balaban J connectivity index is 1.95. The SMILES string of the molecule is CCCCOC(=O)Cn1nnc(-c2ccccc2)c1-c1ccc(Cl)cc1. The summed E-state index contributed by atoms with van der Waals surface area (Å²) < 4.78 is 6.85. The number of halogens is 1. The Kier molecular flexibility index (Phi) is 6.02. The van der Waals surface area contributed by atoms with Gasteiger partial charge in [-0.25, -0.2) is 4.68 Å². The van der Waals surface area contributed by atoms with Crippen molar-refractivity contribution in [2.24, 2.45) is 0 Å². The highest BCUT2D eigenvalue weighted by Gasteiger charge is 2.19. The molecule has 0 N–H and O–H groups in total. The monoisotopic (exact) mass is 369 g/mol. The molecule has 134 valence electrons. The van der Waals surface area contributed by atoms with Crippen LogP contribution in [0.2, 0.25) is 5.02 Å². The molecular weight excluding hydrogens is 350 g/mol. The van der Waals surface area contributed by atoms with E-state index in [0.717, 1.165) is 29.7 Å². The van der Waals surface area contributed by atoms with E-state index in [0.29, 0.717) is 17.3 Å². The number of rotatable bonds is 7. The summed E-state index contributed by atoms with van der Waals surface area (Å²) in [4.78, 5) is 12.1. The summed E-state index contributed by atoms with van der Waals surface area (Å²) in [6, 6.07) is 17.2. The first-order chi connectivity index (χ1) is 12.7. The molecule has 1 aromatic heterocycles. The highest BCUT2D eigenvalue weighted by molar-refractivity contribution is 6.30. The van der Waals surface area contributed by atoms with E-state index < -0.39 is 0 Å². The zero-order valence-corrected chi connectivity index (χ0v) is 15.3. The van der Waals surface area contributed by atoms with E-state index in [1.165, 1.54) is 0 Å². The lowest BCUT2D eigenvalue weighted by Crippen LogP contribution is -2.16. The fourth-order valence-corrected chi connectivity index (χ4v) is 2.73. The smallest absolute Gasteiger partial charge is 0.327 e. The van der Waals surface area contributed by atoms with E-state index in [4.69, 9.17) is 16.3 Å². The molecular formula is C20H20ClN3O2. The summed E-state index contributed by atoms with van der Waals surface area (Å²) in [6.07, 6.45) is 1.83. The molecule has 5 nitrogen and oxygen atoms in total. The van der Waals surface area contributed by atoms with Crippen LogP contribution in [0, 0.1) is 0 Å². The number of hydrogen-bond acceptors (Lipinski definition) is 4. The van der Waals surface area contributed by atoms with Gasteiger partial charge in [0.15, 0.2) is 0 Å². The highest BCUT2D eigenvalue weighted by atomic mass is 35.5. The zero-order chi connectivity index (χ0) is 18.4. The van der Waals surface area contributed by atoms with Crippen molar-refractivity contribution in [1.29, 1.82) is 0 Å². The molecule has 3 rings (SSSR count). The van der Waals surface area contributed by atoms with Gasteiger partial charge in [0.25, 0.3) is 0 Å². The second kappa shape index (κ2) is 8.63. The fraction of sp³-hybridized carbons (Fsp3) is 0.250. The Bertz CT molecular complexity index is 861. The van der Waals surface area contributed by atoms with E-state index in [2.05, 4.69) is 17.2 Å². The average Bonchev–Trinajstić information content (AvgIpc) is 3.07. The summed E-state index contributed by atoms with van der Waals surface area (Å²) in [5, 5.41) is 9.15. The first kappa shape index (κ1) is 18.1. The molecule has 0 bridgehead atoms. The number of esters is 1. The van der Waals surface area contributed by atoms with Crippen molar-refractivity contribution in [3.05, 3.63) is 59.6 Å². The summed E-state index contributed by atoms with van der Waals surface area (Å²) in [6.45, 7) is 2.49. The Morgan fingerprint density at radius 2 is 1.81 bits per heavy atom. The standard InChI is InChI=1S/C20H20ClN3O2/c1-2-3-13-26-18(25)14-24-20(16-9-11-17(21)12-10-16)19(22-23-24)15-7-5-4-6-8-15/h4-12H,2-3,13-14H2,1H3. The molecule has 0 atom stereocenters. The molecule has 0 saturated carbocycles. The Morgan fingerprint density at radius 1 is 1.08 bits per heavy atom. The first-order valence-corrected chi connectivity index (χ1v) is 8.97. The van der Waals surface area contributed by atoms with Crippen molar-refractivity contribution in [2.45, 2.75) is 26.3 Å². The van der Waals surface area contributed by atoms with Gasteiger partial charge in [0.1, 0.15) is 12.2 Å². The van der Waals surface area contributed by atoms with Crippen molar-refractivity contribution >= 4 is 17.6 Å². The lowest BCUT2D eigenvalue weighted by Gasteiger charge is -2.09. The largest absolute Gasteiger partial charge is 0.464 e. The summed E-state index contributed by atoms with van der Waals surface area (Å²) >= 11 is 6.01. The topological polar surface area (TPSA) is 57.0 Å². The van der Waals surface area contributed by atoms with E-state index in [-0.39, 0.29) is 12.5 Å². The number of carbonyl (C=O) groups excluding carboxylic acids is 1. The minimum Gasteiger partial charge on any atom is -0.464 e. The zero-order valence-electron chi connectivity index (χ0n) is 14.6. The lowest BCUT2D eigenvalue weighted by molar-refractivity contribution is -0.144. The molecule has 1 heterocycles. The second-order valence-corrected chi connectivity index (χ2v) is 6.33. The van der Waals surface area contributed by atoms with Gasteiger partial charge in [-0.1, -0.05) is 72.6 Å². The lowest BCUT2D eigenvalue weighted by atomic mass is 10.0. The number of unbranched alkanes of at least 4 members (excludes halogenated alkanes) is 1. The fourth-order valence-electron chi connectivity index (χ4n) is 2.61. The van der Waals surface area contributed by atoms with Crippen molar-refractivity contribution in [3.8, 4) is 22.5 Å². The summed E-state index contributed by atoms with van der Waals surface area (Å²) in [7, 11) is 0. The van der Waals surface area contributed by atoms with Crippen molar-refractivity contribution in [3.63, 3.8) is 0 Å². The second-order valence-electron chi connectivity index (χ2n) is 5.89. The van der Waals surface area contributed by atoms with Gasteiger partial charge in [-0.2, -0.15) is 0 Å². The molecule has 0 spiro atoms. The van der Waals surface area contributed by atoms with Crippen LogP contribution in [0.5, 0.6) is 0 Å². The number of benzene rings is 2. The quantitative estimate of drug-likeness (QED) is 0.451. The van der Waals surface area contributed by atoms with E-state index in [1.54, 1.807) is 4.68 Å². The maximum absolute atomic E-state index is 12.1. The van der Waals surface area contributed by atoms with Crippen molar-refractivity contribution in [2.75, 3.05) is 6.61 Å². The normalized spacial score (nSPS) is 10.7. The molecule has 0 saturated heterocycles. The number of aromatic nitrogens is 3. The average molecular weight is 370 g/mol. The van der Waals surface area contributed by atoms with Crippen LogP contribution >= 0.6 is 11.6 Å². The first-order valence-electron chi connectivity index (χ1n) is 8.59.